The van der Waals surface area contributed by atoms with Gasteiger partial charge in [-0.3, -0.25) is 0 Å². The SMILES string of the molecule is Oc1cccc(C2=CCCCC2)c1O. The van der Waals surface area contributed by atoms with Gasteiger partial charge in [-0.1, -0.05) is 18.2 Å². The highest BCUT2D eigenvalue weighted by Crippen LogP contribution is 2.36. The molecule has 2 N–H and O–H groups in total. The van der Waals surface area contributed by atoms with Crippen LogP contribution >= 0.6 is 0 Å². The molecular formula is C12H14O2. The Bertz CT molecular complexity index is 367. The highest BCUT2D eigenvalue weighted by molar-refractivity contribution is 5.72. The van der Waals surface area contributed by atoms with Crippen molar-refractivity contribution in [1.29, 1.82) is 0 Å². The Labute approximate surface area is 83.5 Å². The Morgan fingerprint density at radius 3 is 2.64 bits per heavy atom. The number of hydrogen-bond donors (Lipinski definition) is 2. The molecule has 0 aromatic heterocycles. The maximum Gasteiger partial charge on any atom is 0.165 e. The van der Waals surface area contributed by atoms with Crippen molar-refractivity contribution < 1.29 is 10.2 Å². The third kappa shape index (κ3) is 1.60. The minimum Gasteiger partial charge on any atom is -0.504 e. The highest BCUT2D eigenvalue weighted by atomic mass is 16.3. The van der Waals surface area contributed by atoms with Crippen molar-refractivity contribution in [2.45, 2.75) is 25.7 Å². The number of allylic oxidation sites excluding steroid dienone is 2. The summed E-state index contributed by atoms with van der Waals surface area (Å²) in [6, 6.07) is 5.12. The van der Waals surface area contributed by atoms with Crippen LogP contribution < -0.4 is 0 Å². The molecular weight excluding hydrogens is 176 g/mol. The molecule has 14 heavy (non-hydrogen) atoms. The number of aromatic hydroxyl groups is 2. The van der Waals surface area contributed by atoms with Gasteiger partial charge >= 0.3 is 0 Å². The Kier molecular flexibility index (Phi) is 2.44. The summed E-state index contributed by atoms with van der Waals surface area (Å²) in [6.45, 7) is 0. The first kappa shape index (κ1) is 9.13. The first-order chi connectivity index (χ1) is 6.79. The van der Waals surface area contributed by atoms with Crippen LogP contribution in [0.2, 0.25) is 0 Å². The molecule has 1 aliphatic rings. The second-order valence-electron chi connectivity index (χ2n) is 3.65. The number of hydrogen-bond acceptors (Lipinski definition) is 2. The summed E-state index contributed by atoms with van der Waals surface area (Å²) < 4.78 is 0. The molecule has 0 heterocycles. The van der Waals surface area contributed by atoms with E-state index < -0.39 is 0 Å². The zero-order valence-electron chi connectivity index (χ0n) is 8.03. The fraction of sp³-hybridized carbons (Fsp3) is 0.333. The summed E-state index contributed by atoms with van der Waals surface area (Å²) in [5.41, 5.74) is 1.94. The van der Waals surface area contributed by atoms with Gasteiger partial charge in [-0.2, -0.15) is 0 Å². The van der Waals surface area contributed by atoms with Gasteiger partial charge in [0.25, 0.3) is 0 Å². The van der Waals surface area contributed by atoms with Crippen LogP contribution in [-0.4, -0.2) is 10.2 Å². The van der Waals surface area contributed by atoms with Gasteiger partial charge in [0.05, 0.1) is 0 Å². The number of phenolic OH excluding ortho intramolecular Hbond substituents is 2. The molecule has 0 unspecified atom stereocenters. The Balaban J connectivity index is 2.40. The number of para-hydroxylation sites is 1. The quantitative estimate of drug-likeness (QED) is 0.668. The summed E-state index contributed by atoms with van der Waals surface area (Å²) in [5, 5.41) is 19.0. The van der Waals surface area contributed by atoms with Crippen LogP contribution in [0.25, 0.3) is 5.57 Å². The van der Waals surface area contributed by atoms with Crippen LogP contribution in [0, 0.1) is 0 Å². The fourth-order valence-corrected chi connectivity index (χ4v) is 1.87. The molecule has 0 saturated carbocycles. The lowest BCUT2D eigenvalue weighted by molar-refractivity contribution is 0.402. The zero-order valence-corrected chi connectivity index (χ0v) is 8.03. The van der Waals surface area contributed by atoms with Crippen LogP contribution in [0.5, 0.6) is 11.5 Å². The van der Waals surface area contributed by atoms with Crippen molar-refractivity contribution >= 4 is 5.57 Å². The van der Waals surface area contributed by atoms with Crippen molar-refractivity contribution in [2.75, 3.05) is 0 Å². The number of phenols is 2. The predicted octanol–water partition coefficient (Wildman–Crippen LogP) is 3.06. The van der Waals surface area contributed by atoms with Crippen molar-refractivity contribution in [3.8, 4) is 11.5 Å². The highest BCUT2D eigenvalue weighted by Gasteiger charge is 2.12. The molecule has 1 aromatic carbocycles. The summed E-state index contributed by atoms with van der Waals surface area (Å²) in [7, 11) is 0. The van der Waals surface area contributed by atoms with Crippen LogP contribution in [-0.2, 0) is 0 Å². The molecule has 74 valence electrons. The van der Waals surface area contributed by atoms with Crippen molar-refractivity contribution in [1.82, 2.24) is 0 Å². The van der Waals surface area contributed by atoms with Gasteiger partial charge in [0.2, 0.25) is 0 Å². The van der Waals surface area contributed by atoms with E-state index in [9.17, 15) is 10.2 Å². The van der Waals surface area contributed by atoms with E-state index in [0.29, 0.717) is 0 Å². The van der Waals surface area contributed by atoms with E-state index in [4.69, 9.17) is 0 Å². The Hall–Kier alpha value is -1.44. The van der Waals surface area contributed by atoms with Crippen LogP contribution in [0.1, 0.15) is 31.2 Å². The van der Waals surface area contributed by atoms with E-state index in [0.717, 1.165) is 24.0 Å². The van der Waals surface area contributed by atoms with E-state index in [2.05, 4.69) is 6.08 Å². The monoisotopic (exact) mass is 190 g/mol. The molecule has 0 radical (unpaired) electrons. The van der Waals surface area contributed by atoms with Crippen molar-refractivity contribution in [2.24, 2.45) is 0 Å². The third-order valence-electron chi connectivity index (χ3n) is 2.65. The lowest BCUT2D eigenvalue weighted by atomic mass is 9.93. The molecule has 2 heteroatoms. The average Bonchev–Trinajstić information content (AvgIpc) is 2.23. The molecule has 2 nitrogen and oxygen atoms in total. The minimum absolute atomic E-state index is 0.0145. The summed E-state index contributed by atoms with van der Waals surface area (Å²) in [6.07, 6.45) is 6.61. The van der Waals surface area contributed by atoms with Crippen molar-refractivity contribution in [3.63, 3.8) is 0 Å². The predicted molar refractivity (Wildman–Crippen MR) is 56.2 cm³/mol. The van der Waals surface area contributed by atoms with E-state index in [1.807, 2.05) is 6.07 Å². The first-order valence-electron chi connectivity index (χ1n) is 4.99. The molecule has 0 saturated heterocycles. The summed E-state index contributed by atoms with van der Waals surface area (Å²) in [5.74, 6) is -0.0189. The average molecular weight is 190 g/mol. The van der Waals surface area contributed by atoms with E-state index in [1.54, 1.807) is 6.07 Å². The minimum atomic E-state index is -0.0334. The van der Waals surface area contributed by atoms with Gasteiger partial charge in [-0.15, -0.1) is 0 Å². The molecule has 0 aliphatic heterocycles. The molecule has 0 atom stereocenters. The maximum absolute atomic E-state index is 9.66. The molecule has 0 bridgehead atoms. The van der Waals surface area contributed by atoms with Crippen molar-refractivity contribution in [3.05, 3.63) is 29.8 Å². The van der Waals surface area contributed by atoms with Gasteiger partial charge in [-0.05, 0) is 37.3 Å². The molecule has 0 spiro atoms. The Morgan fingerprint density at radius 1 is 1.07 bits per heavy atom. The van der Waals surface area contributed by atoms with E-state index in [-0.39, 0.29) is 11.5 Å². The molecule has 0 fully saturated rings. The standard InChI is InChI=1S/C12H14O2/c13-11-8-4-7-10(12(11)14)9-5-2-1-3-6-9/h4-5,7-8,13-14H,1-3,6H2. The van der Waals surface area contributed by atoms with Crippen LogP contribution in [0.15, 0.2) is 24.3 Å². The van der Waals surface area contributed by atoms with Crippen LogP contribution in [0.4, 0.5) is 0 Å². The first-order valence-corrected chi connectivity index (χ1v) is 4.99. The maximum atomic E-state index is 9.66. The fourth-order valence-electron chi connectivity index (χ4n) is 1.87. The Morgan fingerprint density at radius 2 is 1.93 bits per heavy atom. The van der Waals surface area contributed by atoms with Gasteiger partial charge in [0.1, 0.15) is 0 Å². The summed E-state index contributed by atoms with van der Waals surface area (Å²) >= 11 is 0. The summed E-state index contributed by atoms with van der Waals surface area (Å²) in [4.78, 5) is 0. The lowest BCUT2D eigenvalue weighted by Crippen LogP contribution is -1.92. The molecule has 1 aliphatic carbocycles. The normalized spacial score (nSPS) is 16.4. The number of benzene rings is 1. The molecule has 1 aromatic rings. The van der Waals surface area contributed by atoms with Gasteiger partial charge in [-0.25, -0.2) is 0 Å². The van der Waals surface area contributed by atoms with Gasteiger partial charge in [0.15, 0.2) is 11.5 Å². The van der Waals surface area contributed by atoms with E-state index in [1.165, 1.54) is 18.9 Å². The topological polar surface area (TPSA) is 40.5 Å². The molecule has 2 rings (SSSR count). The smallest absolute Gasteiger partial charge is 0.165 e. The van der Waals surface area contributed by atoms with E-state index >= 15 is 0 Å². The zero-order chi connectivity index (χ0) is 9.97. The second kappa shape index (κ2) is 3.74. The van der Waals surface area contributed by atoms with Gasteiger partial charge < -0.3 is 10.2 Å². The van der Waals surface area contributed by atoms with Crippen LogP contribution in [0.3, 0.4) is 0 Å². The lowest BCUT2D eigenvalue weighted by Gasteiger charge is -2.14. The molecule has 0 amide bonds. The second-order valence-corrected chi connectivity index (χ2v) is 3.65. The number of rotatable bonds is 1. The van der Waals surface area contributed by atoms with Gasteiger partial charge in [0, 0.05) is 5.56 Å². The largest absolute Gasteiger partial charge is 0.504 e. The third-order valence-corrected chi connectivity index (χ3v) is 2.65.